The third kappa shape index (κ3) is 2.57. The van der Waals surface area contributed by atoms with Crippen LogP contribution in [0.2, 0.25) is 0 Å². The van der Waals surface area contributed by atoms with Crippen LogP contribution in [-0.2, 0) is 16.0 Å². The highest BCUT2D eigenvalue weighted by Gasteiger charge is 2.20. The predicted octanol–water partition coefficient (Wildman–Crippen LogP) is 1.17. The van der Waals surface area contributed by atoms with Crippen LogP contribution in [0.5, 0.6) is 0 Å². The summed E-state index contributed by atoms with van der Waals surface area (Å²) in [6.45, 7) is 0. The van der Waals surface area contributed by atoms with E-state index in [1.807, 2.05) is 24.3 Å². The zero-order valence-corrected chi connectivity index (χ0v) is 9.14. The first-order valence-corrected chi connectivity index (χ1v) is 5.32. The van der Waals surface area contributed by atoms with Crippen LogP contribution in [0.15, 0.2) is 29.3 Å². The molecule has 1 heterocycles. The van der Waals surface area contributed by atoms with E-state index in [2.05, 4.69) is 4.99 Å². The van der Waals surface area contributed by atoms with Gasteiger partial charge in [-0.2, -0.15) is 0 Å². The van der Waals surface area contributed by atoms with Gasteiger partial charge in [-0.05, 0) is 11.6 Å². The number of carbonyl (C=O) groups is 2. The Bertz CT molecular complexity index is 494. The van der Waals surface area contributed by atoms with E-state index in [-0.39, 0.29) is 18.6 Å². The molecular formula is C12H12N2O3. The second-order valence-electron chi connectivity index (χ2n) is 3.82. The summed E-state index contributed by atoms with van der Waals surface area (Å²) in [6.07, 6.45) is 0.637. The van der Waals surface area contributed by atoms with Crippen molar-refractivity contribution in [3.8, 4) is 0 Å². The van der Waals surface area contributed by atoms with Gasteiger partial charge in [-0.3, -0.25) is 14.8 Å². The molecule has 0 spiro atoms. The number of hydrogen-bond donors (Lipinski definition) is 2. The van der Waals surface area contributed by atoms with Gasteiger partial charge in [0.25, 0.3) is 0 Å². The van der Waals surface area contributed by atoms with Crippen LogP contribution in [0.25, 0.3) is 0 Å². The second-order valence-corrected chi connectivity index (χ2v) is 3.82. The highest BCUT2D eigenvalue weighted by Crippen LogP contribution is 2.24. The van der Waals surface area contributed by atoms with Crippen molar-refractivity contribution in [1.29, 1.82) is 0 Å². The maximum absolute atomic E-state index is 11.7. The lowest BCUT2D eigenvalue weighted by Gasteiger charge is -2.13. The van der Waals surface area contributed by atoms with E-state index in [4.69, 9.17) is 5.21 Å². The summed E-state index contributed by atoms with van der Waals surface area (Å²) in [5.74, 6) is -0.575. The van der Waals surface area contributed by atoms with Crippen LogP contribution < -0.4 is 5.48 Å². The Morgan fingerprint density at radius 1 is 1.41 bits per heavy atom. The van der Waals surface area contributed by atoms with Crippen molar-refractivity contribution in [3.05, 3.63) is 29.8 Å². The van der Waals surface area contributed by atoms with Gasteiger partial charge in [0.05, 0.1) is 11.4 Å². The summed E-state index contributed by atoms with van der Waals surface area (Å²) in [4.78, 5) is 26.9. The molecule has 0 aliphatic carbocycles. The number of benzene rings is 1. The molecular weight excluding hydrogens is 220 g/mol. The number of hydrogen-bond acceptors (Lipinski definition) is 4. The lowest BCUT2D eigenvalue weighted by atomic mass is 9.98. The number of nitrogens with one attached hydrogen (secondary N) is 1. The van der Waals surface area contributed by atoms with Gasteiger partial charge in [-0.1, -0.05) is 18.2 Å². The van der Waals surface area contributed by atoms with E-state index in [0.717, 1.165) is 11.3 Å². The Balaban J connectivity index is 2.15. The number of fused-ring (bicyclic) bond motifs is 1. The zero-order valence-electron chi connectivity index (χ0n) is 9.14. The quantitative estimate of drug-likeness (QED) is 0.606. The topological polar surface area (TPSA) is 78.8 Å². The standard InChI is InChI=1S/C12H12N2O3/c15-11-7-8-3-1-2-4-9(8)13-10(11)5-6-12(16)14-17/h1-4,17H,5-7H2,(H,14,16). The third-order valence-electron chi connectivity index (χ3n) is 2.63. The molecule has 2 N–H and O–H groups in total. The molecule has 0 saturated carbocycles. The molecule has 0 radical (unpaired) electrons. The average molecular weight is 232 g/mol. The van der Waals surface area contributed by atoms with Crippen LogP contribution in [-0.4, -0.2) is 22.6 Å². The van der Waals surface area contributed by atoms with Crippen molar-refractivity contribution in [2.45, 2.75) is 19.3 Å². The molecule has 0 bridgehead atoms. The maximum Gasteiger partial charge on any atom is 0.243 e. The molecule has 0 fully saturated rings. The number of Topliss-reactive ketones (excluding diaryl/α,β-unsaturated/α-hetero) is 1. The van der Waals surface area contributed by atoms with E-state index >= 15 is 0 Å². The van der Waals surface area contributed by atoms with Gasteiger partial charge in [0.2, 0.25) is 5.91 Å². The minimum atomic E-state index is -0.514. The maximum atomic E-state index is 11.7. The number of rotatable bonds is 3. The number of amides is 1. The normalized spacial score (nSPS) is 13.9. The smallest absolute Gasteiger partial charge is 0.243 e. The van der Waals surface area contributed by atoms with Crippen molar-refractivity contribution in [1.82, 2.24) is 5.48 Å². The second kappa shape index (κ2) is 4.88. The van der Waals surface area contributed by atoms with Crippen LogP contribution in [0.3, 0.4) is 0 Å². The molecule has 1 aromatic rings. The van der Waals surface area contributed by atoms with Gasteiger partial charge in [-0.25, -0.2) is 10.5 Å². The molecule has 2 rings (SSSR count). The van der Waals surface area contributed by atoms with Crippen molar-refractivity contribution in [3.63, 3.8) is 0 Å². The summed E-state index contributed by atoms with van der Waals surface area (Å²) in [5, 5.41) is 8.36. The van der Waals surface area contributed by atoms with Crippen molar-refractivity contribution in [2.24, 2.45) is 4.99 Å². The third-order valence-corrected chi connectivity index (χ3v) is 2.63. The highest BCUT2D eigenvalue weighted by molar-refractivity contribution is 6.41. The van der Waals surface area contributed by atoms with E-state index < -0.39 is 5.91 Å². The van der Waals surface area contributed by atoms with E-state index in [1.165, 1.54) is 5.48 Å². The zero-order chi connectivity index (χ0) is 12.3. The van der Waals surface area contributed by atoms with Gasteiger partial charge in [0, 0.05) is 19.3 Å². The van der Waals surface area contributed by atoms with Crippen LogP contribution in [0.1, 0.15) is 18.4 Å². The van der Waals surface area contributed by atoms with Crippen LogP contribution in [0.4, 0.5) is 5.69 Å². The molecule has 1 amide bonds. The summed E-state index contributed by atoms with van der Waals surface area (Å²) in [7, 11) is 0. The molecule has 0 atom stereocenters. The number of nitrogens with zero attached hydrogens (tertiary/aromatic N) is 1. The molecule has 0 unspecified atom stereocenters. The van der Waals surface area contributed by atoms with Crippen LogP contribution >= 0.6 is 0 Å². The molecule has 0 saturated heterocycles. The Kier molecular flexibility index (Phi) is 3.30. The minimum Gasteiger partial charge on any atom is -0.292 e. The Morgan fingerprint density at radius 3 is 2.94 bits per heavy atom. The summed E-state index contributed by atoms with van der Waals surface area (Å²) < 4.78 is 0. The number of aliphatic imine (C=N–C) groups is 1. The fraction of sp³-hybridized carbons (Fsp3) is 0.250. The monoisotopic (exact) mass is 232 g/mol. The highest BCUT2D eigenvalue weighted by atomic mass is 16.5. The average Bonchev–Trinajstić information content (AvgIpc) is 2.35. The largest absolute Gasteiger partial charge is 0.292 e. The van der Waals surface area contributed by atoms with Gasteiger partial charge < -0.3 is 0 Å². The lowest BCUT2D eigenvalue weighted by molar-refractivity contribution is -0.129. The van der Waals surface area contributed by atoms with Crippen LogP contribution in [0, 0.1) is 0 Å². The first-order chi connectivity index (χ1) is 8.20. The fourth-order valence-electron chi connectivity index (χ4n) is 1.74. The van der Waals surface area contributed by atoms with Gasteiger partial charge in [0.15, 0.2) is 5.78 Å². The van der Waals surface area contributed by atoms with Gasteiger partial charge in [-0.15, -0.1) is 0 Å². The Labute approximate surface area is 98.1 Å². The molecule has 1 aromatic carbocycles. The first kappa shape index (κ1) is 11.5. The van der Waals surface area contributed by atoms with E-state index in [9.17, 15) is 9.59 Å². The number of hydroxylamine groups is 1. The molecule has 5 nitrogen and oxygen atoms in total. The fourth-order valence-corrected chi connectivity index (χ4v) is 1.74. The van der Waals surface area contributed by atoms with Crippen molar-refractivity contribution in [2.75, 3.05) is 0 Å². The molecule has 88 valence electrons. The first-order valence-electron chi connectivity index (χ1n) is 5.32. The molecule has 1 aliphatic heterocycles. The van der Waals surface area contributed by atoms with Gasteiger partial charge >= 0.3 is 0 Å². The Morgan fingerprint density at radius 2 is 2.18 bits per heavy atom. The predicted molar refractivity (Wildman–Crippen MR) is 61.4 cm³/mol. The molecule has 1 aliphatic rings. The Hall–Kier alpha value is -2.01. The SMILES string of the molecule is O=C(CCC1=Nc2ccccc2CC1=O)NO. The summed E-state index contributed by atoms with van der Waals surface area (Å²) in [6, 6.07) is 7.43. The number of ketones is 1. The molecule has 5 heteroatoms. The van der Waals surface area contributed by atoms with Crippen molar-refractivity contribution >= 4 is 23.1 Å². The van der Waals surface area contributed by atoms with E-state index in [1.54, 1.807) is 0 Å². The summed E-state index contributed by atoms with van der Waals surface area (Å²) >= 11 is 0. The molecule has 17 heavy (non-hydrogen) atoms. The van der Waals surface area contributed by atoms with E-state index in [0.29, 0.717) is 12.1 Å². The number of para-hydroxylation sites is 1. The van der Waals surface area contributed by atoms with Crippen molar-refractivity contribution < 1.29 is 14.8 Å². The van der Waals surface area contributed by atoms with Gasteiger partial charge in [0.1, 0.15) is 0 Å². The summed E-state index contributed by atoms with van der Waals surface area (Å²) in [5.41, 5.74) is 3.62. The lowest BCUT2D eigenvalue weighted by Crippen LogP contribution is -2.24. The molecule has 0 aromatic heterocycles. The number of carbonyl (C=O) groups excluding carboxylic acids is 2. The minimum absolute atomic E-state index is 0.0588.